The summed E-state index contributed by atoms with van der Waals surface area (Å²) in [4.78, 5) is 12.0. The predicted octanol–water partition coefficient (Wildman–Crippen LogP) is 4.41. The largest absolute Gasteiger partial charge is 0.426 e. The third-order valence-corrected chi connectivity index (χ3v) is 3.31. The van der Waals surface area contributed by atoms with E-state index >= 15 is 0 Å². The molecule has 0 aromatic heterocycles. The first-order valence-corrected chi connectivity index (χ1v) is 7.02. The van der Waals surface area contributed by atoms with Crippen LogP contribution in [0, 0.1) is 12.7 Å². The summed E-state index contributed by atoms with van der Waals surface area (Å²) in [6.07, 6.45) is -0.0713. The molecule has 0 heterocycles. The molecule has 110 valence electrons. The van der Waals surface area contributed by atoms with Crippen LogP contribution in [-0.4, -0.2) is 5.97 Å². The smallest absolute Gasteiger partial charge is 0.315 e. The number of esters is 1. The minimum Gasteiger partial charge on any atom is -0.426 e. The summed E-state index contributed by atoms with van der Waals surface area (Å²) in [5.41, 5.74) is 2.34. The van der Waals surface area contributed by atoms with Crippen LogP contribution in [-0.2, 0) is 11.2 Å². The van der Waals surface area contributed by atoms with Crippen molar-refractivity contribution >= 4 is 5.97 Å². The first kappa shape index (κ1) is 15.2. The summed E-state index contributed by atoms with van der Waals surface area (Å²) in [5, 5.41) is 0. The highest BCUT2D eigenvalue weighted by molar-refractivity contribution is 5.75. The van der Waals surface area contributed by atoms with Gasteiger partial charge in [0.05, 0.1) is 6.42 Å². The van der Waals surface area contributed by atoms with E-state index in [0.29, 0.717) is 11.3 Å². The highest BCUT2D eigenvalue weighted by Gasteiger charge is 2.14. The van der Waals surface area contributed by atoms with E-state index in [0.717, 1.165) is 11.1 Å². The normalized spacial score (nSPS) is 10.7. The van der Waals surface area contributed by atoms with Crippen molar-refractivity contribution in [1.82, 2.24) is 0 Å². The Kier molecular flexibility index (Phi) is 4.73. The molecule has 21 heavy (non-hydrogen) atoms. The Labute approximate surface area is 124 Å². The molecule has 2 aromatic rings. The summed E-state index contributed by atoms with van der Waals surface area (Å²) >= 11 is 0. The Morgan fingerprint density at radius 3 is 2.57 bits per heavy atom. The summed E-state index contributed by atoms with van der Waals surface area (Å²) in [6.45, 7) is 6.02. The topological polar surface area (TPSA) is 26.3 Å². The first-order valence-electron chi connectivity index (χ1n) is 7.02. The van der Waals surface area contributed by atoms with Crippen molar-refractivity contribution in [3.05, 3.63) is 65.0 Å². The Balaban J connectivity index is 2.16. The van der Waals surface area contributed by atoms with Gasteiger partial charge in [0.25, 0.3) is 0 Å². The molecule has 0 saturated heterocycles. The minimum absolute atomic E-state index is 0.0713. The number of hydrogen-bond acceptors (Lipinski definition) is 2. The van der Waals surface area contributed by atoms with Crippen LogP contribution in [0.15, 0.2) is 42.5 Å². The standard InChI is InChI=1S/C18H19FO2/c1-12(2)15-9-8-13(3)10-17(15)21-18(20)11-14-6-4-5-7-16(14)19/h4-10,12H,11H2,1-3H3. The highest BCUT2D eigenvalue weighted by Crippen LogP contribution is 2.27. The van der Waals surface area contributed by atoms with Crippen LogP contribution in [0.5, 0.6) is 5.75 Å². The molecule has 0 unspecified atom stereocenters. The Bertz CT molecular complexity index is 647. The quantitative estimate of drug-likeness (QED) is 0.615. The summed E-state index contributed by atoms with van der Waals surface area (Å²) < 4.78 is 19.0. The molecular formula is C18H19FO2. The molecule has 0 spiro atoms. The Morgan fingerprint density at radius 1 is 1.19 bits per heavy atom. The zero-order valence-corrected chi connectivity index (χ0v) is 12.5. The van der Waals surface area contributed by atoms with Gasteiger partial charge < -0.3 is 4.74 Å². The van der Waals surface area contributed by atoms with E-state index in [2.05, 4.69) is 0 Å². The van der Waals surface area contributed by atoms with Gasteiger partial charge >= 0.3 is 5.97 Å². The van der Waals surface area contributed by atoms with Crippen LogP contribution in [0.2, 0.25) is 0 Å². The Morgan fingerprint density at radius 2 is 1.90 bits per heavy atom. The molecule has 0 aliphatic rings. The summed E-state index contributed by atoms with van der Waals surface area (Å²) in [7, 11) is 0. The number of benzene rings is 2. The monoisotopic (exact) mass is 286 g/mol. The third-order valence-electron chi connectivity index (χ3n) is 3.31. The molecule has 0 amide bonds. The summed E-state index contributed by atoms with van der Waals surface area (Å²) in [6, 6.07) is 12.0. The van der Waals surface area contributed by atoms with Crippen molar-refractivity contribution in [2.75, 3.05) is 0 Å². The lowest BCUT2D eigenvalue weighted by molar-refractivity contribution is -0.133. The number of halogens is 1. The van der Waals surface area contributed by atoms with Gasteiger partial charge in [-0.25, -0.2) is 4.39 Å². The molecule has 2 rings (SSSR count). The third kappa shape index (κ3) is 3.91. The lowest BCUT2D eigenvalue weighted by atomic mass is 10.0. The maximum Gasteiger partial charge on any atom is 0.315 e. The van der Waals surface area contributed by atoms with Crippen molar-refractivity contribution in [3.63, 3.8) is 0 Å². The number of hydrogen-bond donors (Lipinski definition) is 0. The molecule has 2 nitrogen and oxygen atoms in total. The molecule has 0 fully saturated rings. The van der Waals surface area contributed by atoms with Gasteiger partial charge in [0.1, 0.15) is 11.6 Å². The van der Waals surface area contributed by atoms with Crippen LogP contribution in [0.3, 0.4) is 0 Å². The van der Waals surface area contributed by atoms with Crippen molar-refractivity contribution in [2.45, 2.75) is 33.1 Å². The van der Waals surface area contributed by atoms with Crippen molar-refractivity contribution in [1.29, 1.82) is 0 Å². The SMILES string of the molecule is Cc1ccc(C(C)C)c(OC(=O)Cc2ccccc2F)c1. The van der Waals surface area contributed by atoms with Crippen LogP contribution < -0.4 is 4.74 Å². The van der Waals surface area contributed by atoms with E-state index in [1.165, 1.54) is 6.07 Å². The van der Waals surface area contributed by atoms with Gasteiger partial charge in [0.15, 0.2) is 0 Å². The zero-order chi connectivity index (χ0) is 15.4. The van der Waals surface area contributed by atoms with Gasteiger partial charge in [0, 0.05) is 0 Å². The Hall–Kier alpha value is -2.16. The fourth-order valence-corrected chi connectivity index (χ4v) is 2.16. The molecule has 0 radical (unpaired) electrons. The molecular weight excluding hydrogens is 267 g/mol. The van der Waals surface area contributed by atoms with Crippen molar-refractivity contribution in [2.24, 2.45) is 0 Å². The lowest BCUT2D eigenvalue weighted by Crippen LogP contribution is -2.13. The second kappa shape index (κ2) is 6.53. The maximum absolute atomic E-state index is 13.6. The van der Waals surface area contributed by atoms with E-state index in [1.54, 1.807) is 18.2 Å². The minimum atomic E-state index is -0.451. The van der Waals surface area contributed by atoms with E-state index < -0.39 is 5.97 Å². The fourth-order valence-electron chi connectivity index (χ4n) is 2.16. The predicted molar refractivity (Wildman–Crippen MR) is 81.0 cm³/mol. The van der Waals surface area contributed by atoms with E-state index in [-0.39, 0.29) is 18.2 Å². The number of ether oxygens (including phenoxy) is 1. The first-order chi connectivity index (χ1) is 9.97. The molecule has 3 heteroatoms. The summed E-state index contributed by atoms with van der Waals surface area (Å²) in [5.74, 6) is -0.0245. The van der Waals surface area contributed by atoms with E-state index in [1.807, 2.05) is 39.0 Å². The lowest BCUT2D eigenvalue weighted by Gasteiger charge is -2.13. The second-order valence-corrected chi connectivity index (χ2v) is 5.44. The highest BCUT2D eigenvalue weighted by atomic mass is 19.1. The molecule has 0 aliphatic carbocycles. The molecule has 2 aromatic carbocycles. The van der Waals surface area contributed by atoms with Gasteiger partial charge in [-0.2, -0.15) is 0 Å². The van der Waals surface area contributed by atoms with Gasteiger partial charge in [-0.05, 0) is 41.7 Å². The number of carbonyl (C=O) groups excluding carboxylic acids is 1. The van der Waals surface area contributed by atoms with Crippen LogP contribution >= 0.6 is 0 Å². The fraction of sp³-hybridized carbons (Fsp3) is 0.278. The molecule has 0 N–H and O–H groups in total. The second-order valence-electron chi connectivity index (χ2n) is 5.44. The number of aryl methyl sites for hydroxylation is 1. The van der Waals surface area contributed by atoms with Crippen LogP contribution in [0.4, 0.5) is 4.39 Å². The molecule has 0 atom stereocenters. The average molecular weight is 286 g/mol. The van der Waals surface area contributed by atoms with Gasteiger partial charge in [-0.15, -0.1) is 0 Å². The van der Waals surface area contributed by atoms with Gasteiger partial charge in [-0.1, -0.05) is 44.2 Å². The van der Waals surface area contributed by atoms with E-state index in [4.69, 9.17) is 4.74 Å². The molecule has 0 saturated carbocycles. The maximum atomic E-state index is 13.6. The zero-order valence-electron chi connectivity index (χ0n) is 12.5. The molecule has 0 aliphatic heterocycles. The van der Waals surface area contributed by atoms with Crippen molar-refractivity contribution in [3.8, 4) is 5.75 Å². The number of rotatable bonds is 4. The van der Waals surface area contributed by atoms with Gasteiger partial charge in [-0.3, -0.25) is 4.79 Å². The van der Waals surface area contributed by atoms with Crippen LogP contribution in [0.1, 0.15) is 36.5 Å². The van der Waals surface area contributed by atoms with E-state index in [9.17, 15) is 9.18 Å². The van der Waals surface area contributed by atoms with Gasteiger partial charge in [0.2, 0.25) is 0 Å². The number of carbonyl (C=O) groups is 1. The molecule has 0 bridgehead atoms. The van der Waals surface area contributed by atoms with Crippen LogP contribution in [0.25, 0.3) is 0 Å². The average Bonchev–Trinajstić information content (AvgIpc) is 2.41. The van der Waals surface area contributed by atoms with Crippen molar-refractivity contribution < 1.29 is 13.9 Å².